The number of fused-ring (bicyclic) bond motifs is 1. The van der Waals surface area contributed by atoms with Gasteiger partial charge < -0.3 is 14.8 Å². The Bertz CT molecular complexity index is 576. The summed E-state index contributed by atoms with van der Waals surface area (Å²) >= 11 is 0. The highest BCUT2D eigenvalue weighted by atomic mass is 19.3. The third-order valence-corrected chi connectivity index (χ3v) is 2.69. The van der Waals surface area contributed by atoms with Crippen LogP contribution >= 0.6 is 0 Å². The average Bonchev–Trinajstić information content (AvgIpc) is 2.43. The second-order valence-corrected chi connectivity index (χ2v) is 3.86. The van der Waals surface area contributed by atoms with E-state index in [1.165, 1.54) is 7.11 Å². The lowest BCUT2D eigenvalue weighted by atomic mass is 10.1. The van der Waals surface area contributed by atoms with Crippen LogP contribution < -0.4 is 14.8 Å². The summed E-state index contributed by atoms with van der Waals surface area (Å²) in [6.07, 6.45) is -0.876. The molecule has 2 rings (SSSR count). The number of rotatable bonds is 5. The molecule has 0 fully saturated rings. The molecule has 1 aromatic heterocycles. The number of hydrogen-bond donors (Lipinski definition) is 1. The molecule has 0 saturated carbocycles. The molecule has 1 heterocycles. The molecule has 0 atom stereocenters. The van der Waals surface area contributed by atoms with Crippen LogP contribution in [0.3, 0.4) is 0 Å². The van der Waals surface area contributed by atoms with Gasteiger partial charge in [-0.05, 0) is 23.6 Å². The van der Waals surface area contributed by atoms with Gasteiger partial charge in [0.05, 0.1) is 20.8 Å². The molecule has 6 heteroatoms. The second-order valence-electron chi connectivity index (χ2n) is 3.86. The Morgan fingerprint density at radius 3 is 2.53 bits per heavy atom. The molecule has 0 aliphatic heterocycles. The highest BCUT2D eigenvalue weighted by Gasteiger charge is 2.10. The van der Waals surface area contributed by atoms with Crippen LogP contribution in [0.5, 0.6) is 11.5 Å². The van der Waals surface area contributed by atoms with Gasteiger partial charge in [0.1, 0.15) is 5.82 Å². The van der Waals surface area contributed by atoms with Crippen LogP contribution in [-0.2, 0) is 0 Å². The molecule has 0 amide bonds. The summed E-state index contributed by atoms with van der Waals surface area (Å²) in [5, 5.41) is 4.16. The highest BCUT2D eigenvalue weighted by Crippen LogP contribution is 2.34. The van der Waals surface area contributed by atoms with Crippen LogP contribution in [0.25, 0.3) is 10.8 Å². The largest absolute Gasteiger partial charge is 0.493 e. The maximum Gasteiger partial charge on any atom is 0.255 e. The van der Waals surface area contributed by atoms with E-state index in [1.807, 2.05) is 0 Å². The fourth-order valence-corrected chi connectivity index (χ4v) is 1.81. The molecule has 1 N–H and O–H groups in total. The molecule has 0 unspecified atom stereocenters. The van der Waals surface area contributed by atoms with Crippen molar-refractivity contribution in [3.05, 3.63) is 24.4 Å². The zero-order valence-corrected chi connectivity index (χ0v) is 10.6. The molecular weight excluding hydrogens is 254 g/mol. The first-order chi connectivity index (χ1) is 9.15. The second kappa shape index (κ2) is 5.69. The molecule has 0 aliphatic rings. The predicted molar refractivity (Wildman–Crippen MR) is 69.3 cm³/mol. The Morgan fingerprint density at radius 2 is 1.89 bits per heavy atom. The first kappa shape index (κ1) is 13.3. The van der Waals surface area contributed by atoms with Gasteiger partial charge in [-0.25, -0.2) is 13.8 Å². The summed E-state index contributed by atoms with van der Waals surface area (Å²) in [5.74, 6) is 1.52. The zero-order chi connectivity index (χ0) is 13.8. The van der Waals surface area contributed by atoms with Gasteiger partial charge in [-0.1, -0.05) is 0 Å². The molecule has 0 bridgehead atoms. The molecule has 0 spiro atoms. The molecule has 1 aromatic carbocycles. The van der Waals surface area contributed by atoms with Gasteiger partial charge in [0.25, 0.3) is 6.43 Å². The maximum atomic E-state index is 12.2. The number of alkyl halides is 2. The third kappa shape index (κ3) is 2.83. The standard InChI is InChI=1S/C13H14F2N2O2/c1-18-10-5-8-3-4-16-13(17-7-12(14)15)9(8)6-11(10)19-2/h3-6,12H,7H2,1-2H3,(H,16,17). The van der Waals surface area contributed by atoms with Crippen molar-refractivity contribution in [2.45, 2.75) is 6.43 Å². The van der Waals surface area contributed by atoms with Crippen LogP contribution in [0.1, 0.15) is 0 Å². The van der Waals surface area contributed by atoms with Crippen molar-refractivity contribution in [2.75, 3.05) is 26.1 Å². The number of hydrogen-bond acceptors (Lipinski definition) is 4. The van der Waals surface area contributed by atoms with Crippen LogP contribution in [0.15, 0.2) is 24.4 Å². The van der Waals surface area contributed by atoms with E-state index in [-0.39, 0.29) is 0 Å². The Labute approximate surface area is 109 Å². The minimum absolute atomic E-state index is 0.402. The maximum absolute atomic E-state index is 12.2. The summed E-state index contributed by atoms with van der Waals surface area (Å²) in [5.41, 5.74) is 0. The molecule has 19 heavy (non-hydrogen) atoms. The monoisotopic (exact) mass is 268 g/mol. The number of methoxy groups -OCH3 is 2. The van der Waals surface area contributed by atoms with Crippen molar-refractivity contribution in [2.24, 2.45) is 0 Å². The highest BCUT2D eigenvalue weighted by molar-refractivity contribution is 5.94. The smallest absolute Gasteiger partial charge is 0.255 e. The van der Waals surface area contributed by atoms with Crippen molar-refractivity contribution in [1.29, 1.82) is 0 Å². The van der Waals surface area contributed by atoms with E-state index in [4.69, 9.17) is 9.47 Å². The van der Waals surface area contributed by atoms with E-state index in [9.17, 15) is 8.78 Å². The average molecular weight is 268 g/mol. The summed E-state index contributed by atoms with van der Waals surface area (Å²) in [6.45, 7) is -0.444. The van der Waals surface area contributed by atoms with Gasteiger partial charge in [0.15, 0.2) is 11.5 Å². The Balaban J connectivity index is 2.48. The quantitative estimate of drug-likeness (QED) is 0.905. The van der Waals surface area contributed by atoms with Crippen molar-refractivity contribution in [3.8, 4) is 11.5 Å². The lowest BCUT2D eigenvalue weighted by Gasteiger charge is -2.12. The molecule has 0 aliphatic carbocycles. The molecule has 0 radical (unpaired) electrons. The lowest BCUT2D eigenvalue weighted by Crippen LogP contribution is -2.11. The Hall–Kier alpha value is -2.11. The van der Waals surface area contributed by atoms with E-state index < -0.39 is 13.0 Å². The topological polar surface area (TPSA) is 43.4 Å². The van der Waals surface area contributed by atoms with Crippen LogP contribution in [-0.4, -0.2) is 32.2 Å². The predicted octanol–water partition coefficient (Wildman–Crippen LogP) is 2.93. The van der Waals surface area contributed by atoms with E-state index in [1.54, 1.807) is 31.5 Å². The van der Waals surface area contributed by atoms with Crippen molar-refractivity contribution < 1.29 is 18.3 Å². The van der Waals surface area contributed by atoms with Crippen LogP contribution in [0.4, 0.5) is 14.6 Å². The number of benzene rings is 1. The lowest BCUT2D eigenvalue weighted by molar-refractivity contribution is 0.163. The molecular formula is C13H14F2N2O2. The van der Waals surface area contributed by atoms with E-state index >= 15 is 0 Å². The molecule has 102 valence electrons. The first-order valence-corrected chi connectivity index (χ1v) is 5.68. The number of anilines is 1. The molecule has 2 aromatic rings. The number of ether oxygens (including phenoxy) is 2. The fraction of sp³-hybridized carbons (Fsp3) is 0.308. The van der Waals surface area contributed by atoms with E-state index in [2.05, 4.69) is 10.3 Å². The van der Waals surface area contributed by atoms with Crippen molar-refractivity contribution in [3.63, 3.8) is 0 Å². The van der Waals surface area contributed by atoms with Gasteiger partial charge >= 0.3 is 0 Å². The number of nitrogens with one attached hydrogen (secondary N) is 1. The number of aromatic nitrogens is 1. The summed E-state index contributed by atoms with van der Waals surface area (Å²) in [4.78, 5) is 4.07. The van der Waals surface area contributed by atoms with Gasteiger partial charge in [-0.3, -0.25) is 0 Å². The zero-order valence-electron chi connectivity index (χ0n) is 10.6. The fourth-order valence-electron chi connectivity index (χ4n) is 1.81. The van der Waals surface area contributed by atoms with Gasteiger partial charge in [-0.2, -0.15) is 0 Å². The number of pyridine rings is 1. The van der Waals surface area contributed by atoms with Crippen molar-refractivity contribution in [1.82, 2.24) is 4.98 Å². The normalized spacial score (nSPS) is 10.8. The molecule has 4 nitrogen and oxygen atoms in total. The van der Waals surface area contributed by atoms with E-state index in [0.717, 1.165) is 5.39 Å². The van der Waals surface area contributed by atoms with Crippen LogP contribution in [0, 0.1) is 0 Å². The van der Waals surface area contributed by atoms with E-state index in [0.29, 0.717) is 22.7 Å². The van der Waals surface area contributed by atoms with Crippen molar-refractivity contribution >= 4 is 16.6 Å². The summed E-state index contributed by atoms with van der Waals surface area (Å²) in [7, 11) is 3.06. The van der Waals surface area contributed by atoms with Gasteiger partial charge in [-0.15, -0.1) is 0 Å². The summed E-state index contributed by atoms with van der Waals surface area (Å²) in [6, 6.07) is 5.28. The number of halogens is 2. The van der Waals surface area contributed by atoms with Gasteiger partial charge in [0, 0.05) is 11.6 Å². The first-order valence-electron chi connectivity index (χ1n) is 5.68. The Morgan fingerprint density at radius 1 is 1.21 bits per heavy atom. The Kier molecular flexibility index (Phi) is 3.99. The minimum atomic E-state index is -2.43. The molecule has 0 saturated heterocycles. The SMILES string of the molecule is COc1cc2ccnc(NCC(F)F)c2cc1OC. The number of nitrogens with zero attached hydrogens (tertiary/aromatic N) is 1. The minimum Gasteiger partial charge on any atom is -0.493 e. The van der Waals surface area contributed by atoms with Crippen LogP contribution in [0.2, 0.25) is 0 Å². The summed E-state index contributed by atoms with van der Waals surface area (Å²) < 4.78 is 34.9. The third-order valence-electron chi connectivity index (χ3n) is 2.69. The van der Waals surface area contributed by atoms with Gasteiger partial charge in [0.2, 0.25) is 0 Å².